The smallest absolute Gasteiger partial charge is 0.342 e. The Kier molecular flexibility index (Phi) is 7.00. The number of benzene rings is 2. The number of nitrogens with one attached hydrogen (secondary N) is 1. The average Bonchev–Trinajstić information content (AvgIpc) is 3.26. The number of non-ortho nitro benzene ring substituents is 1. The fourth-order valence-corrected chi connectivity index (χ4v) is 3.50. The van der Waals surface area contributed by atoms with Crippen LogP contribution in [0.4, 0.5) is 10.8 Å². The molecule has 0 aliphatic heterocycles. The molecule has 0 fully saturated rings. The molecule has 0 saturated carbocycles. The molecule has 10 nitrogen and oxygen atoms in total. The summed E-state index contributed by atoms with van der Waals surface area (Å²) in [6.07, 6.45) is -1.12. The molecule has 166 valence electrons. The number of hydrogen-bond acceptors (Lipinski definition) is 9. The Morgan fingerprint density at radius 3 is 2.59 bits per heavy atom. The van der Waals surface area contributed by atoms with Gasteiger partial charge in [-0.2, -0.15) is 0 Å². The van der Waals surface area contributed by atoms with Gasteiger partial charge < -0.3 is 14.2 Å². The lowest BCUT2D eigenvalue weighted by Gasteiger charge is -2.15. The van der Waals surface area contributed by atoms with Crippen molar-refractivity contribution < 1.29 is 28.7 Å². The zero-order valence-corrected chi connectivity index (χ0v) is 18.2. The van der Waals surface area contributed by atoms with Crippen LogP contribution in [0.3, 0.4) is 0 Å². The Morgan fingerprint density at radius 1 is 1.16 bits per heavy atom. The van der Waals surface area contributed by atoms with Crippen molar-refractivity contribution in [3.05, 3.63) is 63.5 Å². The quantitative estimate of drug-likeness (QED) is 0.306. The molecule has 3 rings (SSSR count). The van der Waals surface area contributed by atoms with E-state index in [1.54, 1.807) is 29.6 Å². The number of para-hydroxylation sites is 1. The molecule has 1 atom stereocenters. The maximum Gasteiger partial charge on any atom is 0.342 e. The molecule has 11 heteroatoms. The lowest BCUT2D eigenvalue weighted by molar-refractivity contribution is -0.384. The van der Waals surface area contributed by atoms with Crippen molar-refractivity contribution in [2.24, 2.45) is 0 Å². The first-order valence-corrected chi connectivity index (χ1v) is 10.1. The number of nitrogens with zero attached hydrogens (tertiary/aromatic N) is 2. The molecule has 0 saturated heterocycles. The topological polar surface area (TPSA) is 130 Å². The molecule has 0 aliphatic rings. The van der Waals surface area contributed by atoms with E-state index < -0.39 is 22.9 Å². The Hall–Kier alpha value is -3.99. The molecule has 3 aromatic rings. The van der Waals surface area contributed by atoms with E-state index in [-0.39, 0.29) is 22.1 Å². The van der Waals surface area contributed by atoms with Crippen LogP contribution < -0.4 is 14.8 Å². The minimum Gasteiger partial charge on any atom is -0.493 e. The van der Waals surface area contributed by atoms with Crippen LogP contribution in [0.5, 0.6) is 11.5 Å². The van der Waals surface area contributed by atoms with Crippen molar-refractivity contribution in [1.29, 1.82) is 0 Å². The highest BCUT2D eigenvalue weighted by molar-refractivity contribution is 7.14. The van der Waals surface area contributed by atoms with Crippen molar-refractivity contribution in [2.45, 2.75) is 13.0 Å². The van der Waals surface area contributed by atoms with Gasteiger partial charge in [0.05, 0.1) is 24.8 Å². The van der Waals surface area contributed by atoms with Crippen LogP contribution in [0.25, 0.3) is 11.3 Å². The highest BCUT2D eigenvalue weighted by Gasteiger charge is 2.24. The zero-order chi connectivity index (χ0) is 23.3. The van der Waals surface area contributed by atoms with E-state index in [2.05, 4.69) is 10.3 Å². The summed E-state index contributed by atoms with van der Waals surface area (Å²) in [5, 5.41) is 15.5. The molecule has 2 aromatic carbocycles. The third-order valence-electron chi connectivity index (χ3n) is 4.36. The standard InChI is InChI=1S/C21H19N3O7S/c1-12(31-20(26)15-8-5-9-17(29-2)18(15)30-3)19(25)23-21-22-16(11-32-21)13-6-4-7-14(10-13)24(27)28/h4-12H,1-3H3,(H,22,23,25). The second kappa shape index (κ2) is 9.88. The van der Waals surface area contributed by atoms with Crippen molar-refractivity contribution in [3.63, 3.8) is 0 Å². The largest absolute Gasteiger partial charge is 0.493 e. The van der Waals surface area contributed by atoms with Crippen LogP contribution in [0.15, 0.2) is 47.8 Å². The van der Waals surface area contributed by atoms with Gasteiger partial charge in [-0.25, -0.2) is 9.78 Å². The van der Waals surface area contributed by atoms with Crippen molar-refractivity contribution in [3.8, 4) is 22.8 Å². The number of aromatic nitrogens is 1. The predicted octanol–water partition coefficient (Wildman–Crippen LogP) is 3.92. The minimum atomic E-state index is -1.12. The number of nitro groups is 1. The van der Waals surface area contributed by atoms with Gasteiger partial charge in [0, 0.05) is 23.1 Å². The van der Waals surface area contributed by atoms with Crippen molar-refractivity contribution in [2.75, 3.05) is 19.5 Å². The van der Waals surface area contributed by atoms with E-state index >= 15 is 0 Å². The van der Waals surface area contributed by atoms with Gasteiger partial charge in [-0.15, -0.1) is 11.3 Å². The van der Waals surface area contributed by atoms with Crippen LogP contribution in [0, 0.1) is 10.1 Å². The number of rotatable bonds is 8. The van der Waals surface area contributed by atoms with Gasteiger partial charge in [-0.05, 0) is 19.1 Å². The van der Waals surface area contributed by atoms with Gasteiger partial charge in [0.15, 0.2) is 22.7 Å². The third kappa shape index (κ3) is 5.01. The summed E-state index contributed by atoms with van der Waals surface area (Å²) in [5.41, 5.74) is 1.07. The predicted molar refractivity (Wildman–Crippen MR) is 117 cm³/mol. The van der Waals surface area contributed by atoms with E-state index in [0.717, 1.165) is 11.3 Å². The van der Waals surface area contributed by atoms with Crippen LogP contribution in [0.1, 0.15) is 17.3 Å². The molecular formula is C21H19N3O7S. The highest BCUT2D eigenvalue weighted by Crippen LogP contribution is 2.31. The summed E-state index contributed by atoms with van der Waals surface area (Å²) in [6.45, 7) is 1.43. The Morgan fingerprint density at radius 2 is 1.91 bits per heavy atom. The molecule has 0 radical (unpaired) electrons. The number of esters is 1. The molecule has 1 aromatic heterocycles. The summed E-state index contributed by atoms with van der Waals surface area (Å²) >= 11 is 1.14. The SMILES string of the molecule is COc1cccc(C(=O)OC(C)C(=O)Nc2nc(-c3cccc([N+](=O)[O-])c3)cs2)c1OC. The summed E-state index contributed by atoms with van der Waals surface area (Å²) in [6, 6.07) is 10.7. The van der Waals surface area contributed by atoms with Crippen LogP contribution in [0.2, 0.25) is 0 Å². The monoisotopic (exact) mass is 457 g/mol. The first kappa shape index (κ1) is 22.7. The number of ether oxygens (including phenoxy) is 3. The normalized spacial score (nSPS) is 11.3. The fourth-order valence-electron chi connectivity index (χ4n) is 2.77. The van der Waals surface area contributed by atoms with Crippen LogP contribution >= 0.6 is 11.3 Å². The van der Waals surface area contributed by atoms with Crippen molar-refractivity contribution >= 4 is 34.0 Å². The van der Waals surface area contributed by atoms with E-state index in [1.165, 1.54) is 39.3 Å². The second-order valence-corrected chi connectivity index (χ2v) is 7.28. The number of amides is 1. The molecule has 0 spiro atoms. The lowest BCUT2D eigenvalue weighted by Crippen LogP contribution is -2.30. The zero-order valence-electron chi connectivity index (χ0n) is 17.4. The van der Waals surface area contributed by atoms with Crippen LogP contribution in [-0.4, -0.2) is 42.1 Å². The van der Waals surface area contributed by atoms with Crippen LogP contribution in [-0.2, 0) is 9.53 Å². The number of carbonyl (C=O) groups is 2. The number of carbonyl (C=O) groups excluding carboxylic acids is 2. The summed E-state index contributed by atoms with van der Waals surface area (Å²) < 4.78 is 15.6. The minimum absolute atomic E-state index is 0.0606. The van der Waals surface area contributed by atoms with E-state index in [9.17, 15) is 19.7 Å². The molecule has 0 aliphatic carbocycles. The van der Waals surface area contributed by atoms with E-state index in [1.807, 2.05) is 0 Å². The fraction of sp³-hybridized carbons (Fsp3) is 0.190. The first-order chi connectivity index (χ1) is 15.3. The number of nitro benzene ring substituents is 1. The van der Waals surface area contributed by atoms with Gasteiger partial charge in [0.1, 0.15) is 5.56 Å². The van der Waals surface area contributed by atoms with Gasteiger partial charge in [-0.1, -0.05) is 18.2 Å². The van der Waals surface area contributed by atoms with Gasteiger partial charge in [0.25, 0.3) is 11.6 Å². The van der Waals surface area contributed by atoms with Gasteiger partial charge in [-0.3, -0.25) is 20.2 Å². The maximum atomic E-state index is 12.5. The molecule has 1 amide bonds. The second-order valence-electron chi connectivity index (χ2n) is 6.42. The van der Waals surface area contributed by atoms with E-state index in [0.29, 0.717) is 17.0 Å². The molecular weight excluding hydrogens is 438 g/mol. The molecule has 1 unspecified atom stereocenters. The first-order valence-electron chi connectivity index (χ1n) is 9.27. The Balaban J connectivity index is 1.67. The molecule has 32 heavy (non-hydrogen) atoms. The Bertz CT molecular complexity index is 1160. The number of thiazole rings is 1. The molecule has 1 N–H and O–H groups in total. The number of hydrogen-bond donors (Lipinski definition) is 1. The molecule has 0 bridgehead atoms. The highest BCUT2D eigenvalue weighted by atomic mass is 32.1. The summed E-state index contributed by atoms with van der Waals surface area (Å²) in [7, 11) is 2.84. The Labute approximate surface area is 186 Å². The van der Waals surface area contributed by atoms with Gasteiger partial charge in [0.2, 0.25) is 0 Å². The summed E-state index contributed by atoms with van der Waals surface area (Å²) in [5.74, 6) is -0.773. The third-order valence-corrected chi connectivity index (χ3v) is 5.12. The lowest BCUT2D eigenvalue weighted by atomic mass is 10.1. The number of methoxy groups -OCH3 is 2. The van der Waals surface area contributed by atoms with Crippen molar-refractivity contribution in [1.82, 2.24) is 4.98 Å². The number of anilines is 1. The summed E-state index contributed by atoms with van der Waals surface area (Å²) in [4.78, 5) is 39.7. The molecule has 1 heterocycles. The van der Waals surface area contributed by atoms with E-state index in [4.69, 9.17) is 14.2 Å². The van der Waals surface area contributed by atoms with Gasteiger partial charge >= 0.3 is 5.97 Å². The maximum absolute atomic E-state index is 12.5. The average molecular weight is 457 g/mol.